The van der Waals surface area contributed by atoms with Gasteiger partial charge in [0.1, 0.15) is 11.6 Å². The van der Waals surface area contributed by atoms with Crippen LogP contribution in [0, 0.1) is 13.8 Å². The van der Waals surface area contributed by atoms with Crippen molar-refractivity contribution in [2.75, 3.05) is 5.32 Å². The predicted octanol–water partition coefficient (Wildman–Crippen LogP) is 2.56. The summed E-state index contributed by atoms with van der Waals surface area (Å²) in [6, 6.07) is 9.76. The molecule has 0 saturated heterocycles. The lowest BCUT2D eigenvalue weighted by Gasteiger charge is -2.17. The molecule has 0 fully saturated rings. The number of rotatable bonds is 3. The van der Waals surface area contributed by atoms with Crippen molar-refractivity contribution < 1.29 is 0 Å². The van der Waals surface area contributed by atoms with E-state index in [0.717, 1.165) is 0 Å². The van der Waals surface area contributed by atoms with Crippen molar-refractivity contribution in [3.8, 4) is 0 Å². The molecule has 4 nitrogen and oxygen atoms in total. The molecule has 4 heteroatoms. The van der Waals surface area contributed by atoms with E-state index in [0.29, 0.717) is 11.6 Å². The molecule has 0 aliphatic heterocycles. The molecule has 2 rings (SSSR count). The Bertz CT molecular complexity index is 604. The van der Waals surface area contributed by atoms with E-state index in [4.69, 9.17) is 0 Å². The molecule has 1 unspecified atom stereocenters. The topological polar surface area (TPSA) is 57.8 Å². The van der Waals surface area contributed by atoms with Gasteiger partial charge in [-0.25, -0.2) is 4.98 Å². The summed E-state index contributed by atoms with van der Waals surface area (Å²) < 4.78 is 0. The molecular weight excluding hydrogens is 226 g/mol. The van der Waals surface area contributed by atoms with Crippen molar-refractivity contribution in [2.45, 2.75) is 26.8 Å². The standard InChI is InChI=1S/C14H17N3O/c1-9-6-4-5-7-12(9)10(2)15-13-8-14(18)17-11(3)16-13/h4-8,10H,1-3H3,(H2,15,16,17,18). The molecule has 2 N–H and O–H groups in total. The van der Waals surface area contributed by atoms with Crippen molar-refractivity contribution in [1.82, 2.24) is 9.97 Å². The lowest BCUT2D eigenvalue weighted by Crippen LogP contribution is -2.14. The van der Waals surface area contributed by atoms with Crippen LogP contribution in [0.5, 0.6) is 0 Å². The highest BCUT2D eigenvalue weighted by atomic mass is 16.1. The summed E-state index contributed by atoms with van der Waals surface area (Å²) in [5.41, 5.74) is 2.29. The fourth-order valence-electron chi connectivity index (χ4n) is 2.03. The molecule has 0 spiro atoms. The van der Waals surface area contributed by atoms with Gasteiger partial charge in [-0.3, -0.25) is 4.79 Å². The highest BCUT2D eigenvalue weighted by Gasteiger charge is 2.08. The number of benzene rings is 1. The monoisotopic (exact) mass is 243 g/mol. The second-order valence-electron chi connectivity index (χ2n) is 4.44. The van der Waals surface area contributed by atoms with E-state index in [1.54, 1.807) is 6.92 Å². The van der Waals surface area contributed by atoms with Gasteiger partial charge in [0.15, 0.2) is 0 Å². The van der Waals surface area contributed by atoms with E-state index in [2.05, 4.69) is 41.3 Å². The maximum atomic E-state index is 11.4. The highest BCUT2D eigenvalue weighted by molar-refractivity contribution is 5.39. The maximum Gasteiger partial charge on any atom is 0.252 e. The molecule has 1 aromatic carbocycles. The summed E-state index contributed by atoms with van der Waals surface area (Å²) in [6.07, 6.45) is 0. The number of aryl methyl sites for hydroxylation is 2. The van der Waals surface area contributed by atoms with E-state index in [9.17, 15) is 4.79 Å². The fourth-order valence-corrected chi connectivity index (χ4v) is 2.03. The smallest absolute Gasteiger partial charge is 0.252 e. The van der Waals surface area contributed by atoms with Gasteiger partial charge in [0.05, 0.1) is 6.04 Å². The molecule has 1 atom stereocenters. The lowest BCUT2D eigenvalue weighted by molar-refractivity contribution is 0.855. The van der Waals surface area contributed by atoms with Gasteiger partial charge < -0.3 is 10.3 Å². The molecule has 94 valence electrons. The Morgan fingerprint density at radius 1 is 1.28 bits per heavy atom. The molecule has 1 heterocycles. The van der Waals surface area contributed by atoms with Gasteiger partial charge in [0, 0.05) is 6.07 Å². The molecular formula is C14H17N3O. The SMILES string of the molecule is Cc1nc(NC(C)c2ccccc2C)cc(=O)[nH]1. The van der Waals surface area contributed by atoms with Gasteiger partial charge in [-0.2, -0.15) is 0 Å². The molecule has 0 saturated carbocycles. The first kappa shape index (κ1) is 12.4. The zero-order valence-electron chi connectivity index (χ0n) is 10.8. The normalized spacial score (nSPS) is 12.2. The van der Waals surface area contributed by atoms with Crippen molar-refractivity contribution >= 4 is 5.82 Å². The van der Waals surface area contributed by atoms with Crippen molar-refractivity contribution in [3.63, 3.8) is 0 Å². The number of hydrogen-bond donors (Lipinski definition) is 2. The van der Waals surface area contributed by atoms with E-state index < -0.39 is 0 Å². The Kier molecular flexibility index (Phi) is 3.46. The molecule has 1 aromatic heterocycles. The summed E-state index contributed by atoms with van der Waals surface area (Å²) in [5, 5.41) is 3.25. The van der Waals surface area contributed by atoms with E-state index in [1.165, 1.54) is 17.2 Å². The van der Waals surface area contributed by atoms with Crippen LogP contribution in [0.15, 0.2) is 35.1 Å². The van der Waals surface area contributed by atoms with Gasteiger partial charge in [0.25, 0.3) is 5.56 Å². The molecule has 2 aromatic rings. The Hall–Kier alpha value is -2.10. The van der Waals surface area contributed by atoms with Gasteiger partial charge in [-0.1, -0.05) is 24.3 Å². The summed E-state index contributed by atoms with van der Waals surface area (Å²) in [5.74, 6) is 1.22. The minimum absolute atomic E-state index is 0.111. The summed E-state index contributed by atoms with van der Waals surface area (Å²) in [4.78, 5) is 18.3. The second-order valence-corrected chi connectivity index (χ2v) is 4.44. The van der Waals surface area contributed by atoms with E-state index >= 15 is 0 Å². The Morgan fingerprint density at radius 2 is 2.00 bits per heavy atom. The van der Waals surface area contributed by atoms with E-state index in [-0.39, 0.29) is 11.6 Å². The Labute approximate surface area is 106 Å². The number of H-pyrrole nitrogens is 1. The van der Waals surface area contributed by atoms with Crippen molar-refractivity contribution in [3.05, 3.63) is 57.6 Å². The summed E-state index contributed by atoms with van der Waals surface area (Å²) in [6.45, 7) is 5.90. The number of hydrogen-bond acceptors (Lipinski definition) is 3. The minimum atomic E-state index is -0.137. The number of aromatic amines is 1. The molecule has 0 aliphatic rings. The first-order chi connectivity index (χ1) is 8.56. The van der Waals surface area contributed by atoms with Crippen LogP contribution in [-0.2, 0) is 0 Å². The molecule has 18 heavy (non-hydrogen) atoms. The Balaban J connectivity index is 2.24. The second kappa shape index (κ2) is 5.04. The maximum absolute atomic E-state index is 11.4. The van der Waals surface area contributed by atoms with Crippen LogP contribution in [0.4, 0.5) is 5.82 Å². The first-order valence-electron chi connectivity index (χ1n) is 5.96. The average Bonchev–Trinajstić information content (AvgIpc) is 2.27. The van der Waals surface area contributed by atoms with Crippen LogP contribution in [-0.4, -0.2) is 9.97 Å². The lowest BCUT2D eigenvalue weighted by atomic mass is 10.0. The van der Waals surface area contributed by atoms with E-state index in [1.807, 2.05) is 12.1 Å². The predicted molar refractivity (Wildman–Crippen MR) is 72.8 cm³/mol. The van der Waals surface area contributed by atoms with Crippen LogP contribution in [0.3, 0.4) is 0 Å². The molecule has 0 radical (unpaired) electrons. The average molecular weight is 243 g/mol. The van der Waals surface area contributed by atoms with Crippen molar-refractivity contribution in [1.29, 1.82) is 0 Å². The van der Waals surface area contributed by atoms with Crippen LogP contribution in [0.25, 0.3) is 0 Å². The molecule has 0 amide bonds. The van der Waals surface area contributed by atoms with Crippen LogP contribution in [0.2, 0.25) is 0 Å². The zero-order valence-corrected chi connectivity index (χ0v) is 10.8. The number of anilines is 1. The fraction of sp³-hybridized carbons (Fsp3) is 0.286. The third kappa shape index (κ3) is 2.77. The van der Waals surface area contributed by atoms with Gasteiger partial charge in [0.2, 0.25) is 0 Å². The quantitative estimate of drug-likeness (QED) is 0.871. The summed E-state index contributed by atoms with van der Waals surface area (Å²) >= 11 is 0. The molecule has 0 aliphatic carbocycles. The third-order valence-corrected chi connectivity index (χ3v) is 2.88. The van der Waals surface area contributed by atoms with Gasteiger partial charge in [-0.05, 0) is 31.9 Å². The van der Waals surface area contributed by atoms with Crippen molar-refractivity contribution in [2.24, 2.45) is 0 Å². The summed E-state index contributed by atoms with van der Waals surface area (Å²) in [7, 11) is 0. The number of nitrogens with one attached hydrogen (secondary N) is 2. The van der Waals surface area contributed by atoms with Crippen LogP contribution >= 0.6 is 0 Å². The third-order valence-electron chi connectivity index (χ3n) is 2.88. The Morgan fingerprint density at radius 3 is 2.67 bits per heavy atom. The number of aromatic nitrogens is 2. The van der Waals surface area contributed by atoms with Gasteiger partial charge >= 0.3 is 0 Å². The number of nitrogens with zero attached hydrogens (tertiary/aromatic N) is 1. The van der Waals surface area contributed by atoms with Crippen LogP contribution in [0.1, 0.15) is 29.9 Å². The highest BCUT2D eigenvalue weighted by Crippen LogP contribution is 2.20. The van der Waals surface area contributed by atoms with Gasteiger partial charge in [-0.15, -0.1) is 0 Å². The zero-order chi connectivity index (χ0) is 13.1. The molecule has 0 bridgehead atoms. The van der Waals surface area contributed by atoms with Crippen LogP contribution < -0.4 is 10.9 Å². The largest absolute Gasteiger partial charge is 0.363 e. The minimum Gasteiger partial charge on any atom is -0.363 e. The first-order valence-corrected chi connectivity index (χ1v) is 5.96.